The van der Waals surface area contributed by atoms with Crippen molar-refractivity contribution in [2.24, 2.45) is 23.2 Å². The highest BCUT2D eigenvalue weighted by atomic mass is 14.3. The van der Waals surface area contributed by atoms with Gasteiger partial charge in [0, 0.05) is 0 Å². The van der Waals surface area contributed by atoms with Crippen molar-refractivity contribution in [2.45, 2.75) is 138 Å². The van der Waals surface area contributed by atoms with Crippen LogP contribution >= 0.6 is 0 Å². The molecule has 0 heteroatoms. The Labute approximate surface area is 173 Å². The summed E-state index contributed by atoms with van der Waals surface area (Å²) in [7, 11) is 0. The van der Waals surface area contributed by atoms with Crippen molar-refractivity contribution in [3.8, 4) is 0 Å². The van der Waals surface area contributed by atoms with Crippen molar-refractivity contribution in [1.29, 1.82) is 0 Å². The summed E-state index contributed by atoms with van der Waals surface area (Å²) in [6, 6.07) is 0. The molecule has 0 aromatic rings. The Bertz CT molecular complexity index is 389. The van der Waals surface area contributed by atoms with Gasteiger partial charge < -0.3 is 0 Å². The largest absolute Gasteiger partial charge is 0.0853 e. The Morgan fingerprint density at radius 2 is 1.52 bits per heavy atom. The minimum atomic E-state index is 0.540. The molecule has 0 aromatic heterocycles. The lowest BCUT2D eigenvalue weighted by molar-refractivity contribution is 0.173. The van der Waals surface area contributed by atoms with E-state index >= 15 is 0 Å². The van der Waals surface area contributed by atoms with Crippen LogP contribution in [0.3, 0.4) is 0 Å². The summed E-state index contributed by atoms with van der Waals surface area (Å²) in [5.74, 6) is 2.86. The van der Waals surface area contributed by atoms with Crippen LogP contribution in [-0.4, -0.2) is 0 Å². The molecule has 0 radical (unpaired) electrons. The molecule has 1 saturated carbocycles. The van der Waals surface area contributed by atoms with Crippen LogP contribution < -0.4 is 0 Å². The van der Waals surface area contributed by atoms with Crippen LogP contribution in [0.1, 0.15) is 138 Å². The standard InChI is InChI=1S/C27H52/c1-7-16-24-22-25(24)20-15-14-19-23(4)18-12-10-11-13-21-26(17-8-2)27(5,6)9-3/h16,23,25-26H,7-15,17-22H2,1-6H3. The molecule has 0 amide bonds. The fourth-order valence-electron chi connectivity index (χ4n) is 4.85. The molecule has 0 heterocycles. The first-order valence-electron chi connectivity index (χ1n) is 12.6. The van der Waals surface area contributed by atoms with Gasteiger partial charge in [-0.15, -0.1) is 0 Å². The summed E-state index contributed by atoms with van der Waals surface area (Å²) in [6.07, 6.45) is 23.8. The predicted molar refractivity (Wildman–Crippen MR) is 124 cm³/mol. The van der Waals surface area contributed by atoms with Crippen LogP contribution in [0.2, 0.25) is 0 Å². The third kappa shape index (κ3) is 10.7. The zero-order valence-corrected chi connectivity index (χ0v) is 19.9. The number of rotatable bonds is 17. The molecular weight excluding hydrogens is 324 g/mol. The number of hydrogen-bond donors (Lipinski definition) is 0. The SMILES string of the molecule is CCC=C1CC1CCCCC(C)CCCCCCC(CCC)C(C)(C)CC. The van der Waals surface area contributed by atoms with Gasteiger partial charge in [0.15, 0.2) is 0 Å². The highest BCUT2D eigenvalue weighted by Crippen LogP contribution is 2.42. The quantitative estimate of drug-likeness (QED) is 0.175. The van der Waals surface area contributed by atoms with E-state index in [4.69, 9.17) is 0 Å². The molecule has 27 heavy (non-hydrogen) atoms. The van der Waals surface area contributed by atoms with Gasteiger partial charge >= 0.3 is 0 Å². The van der Waals surface area contributed by atoms with Crippen molar-refractivity contribution >= 4 is 0 Å². The number of unbranched alkanes of at least 4 members (excludes halogenated alkanes) is 4. The first-order valence-corrected chi connectivity index (χ1v) is 12.6. The second-order valence-electron chi connectivity index (χ2n) is 10.3. The van der Waals surface area contributed by atoms with Gasteiger partial charge in [-0.2, -0.15) is 0 Å². The maximum absolute atomic E-state index is 2.49. The zero-order valence-electron chi connectivity index (χ0n) is 19.9. The monoisotopic (exact) mass is 376 g/mol. The van der Waals surface area contributed by atoms with E-state index in [1.54, 1.807) is 5.57 Å². The van der Waals surface area contributed by atoms with Crippen LogP contribution in [0.25, 0.3) is 0 Å². The van der Waals surface area contributed by atoms with Gasteiger partial charge in [-0.05, 0) is 48.9 Å². The lowest BCUT2D eigenvalue weighted by Crippen LogP contribution is -2.23. The van der Waals surface area contributed by atoms with E-state index in [9.17, 15) is 0 Å². The van der Waals surface area contributed by atoms with Crippen molar-refractivity contribution in [1.82, 2.24) is 0 Å². The topological polar surface area (TPSA) is 0 Å². The minimum absolute atomic E-state index is 0.540. The van der Waals surface area contributed by atoms with Gasteiger partial charge in [0.2, 0.25) is 0 Å². The normalized spacial score (nSPS) is 20.8. The Morgan fingerprint density at radius 1 is 0.889 bits per heavy atom. The lowest BCUT2D eigenvalue weighted by atomic mass is 9.72. The van der Waals surface area contributed by atoms with Crippen molar-refractivity contribution in [3.05, 3.63) is 11.6 Å². The van der Waals surface area contributed by atoms with E-state index in [0.717, 1.165) is 17.8 Å². The molecular formula is C27H52. The summed E-state index contributed by atoms with van der Waals surface area (Å²) >= 11 is 0. The summed E-state index contributed by atoms with van der Waals surface area (Å²) in [6.45, 7) is 14.4. The Balaban J connectivity index is 1.98. The maximum Gasteiger partial charge on any atom is -0.0166 e. The third-order valence-corrected chi connectivity index (χ3v) is 7.47. The Kier molecular flexibility index (Phi) is 12.7. The summed E-state index contributed by atoms with van der Waals surface area (Å²) < 4.78 is 0. The first-order chi connectivity index (χ1) is 12.9. The molecule has 0 N–H and O–H groups in total. The smallest absolute Gasteiger partial charge is 0.0166 e. The first kappa shape index (κ1) is 24.8. The molecule has 0 spiro atoms. The molecule has 1 aliphatic rings. The molecule has 3 unspecified atom stereocenters. The van der Waals surface area contributed by atoms with E-state index < -0.39 is 0 Å². The van der Waals surface area contributed by atoms with Gasteiger partial charge in [0.25, 0.3) is 0 Å². The van der Waals surface area contributed by atoms with Crippen LogP contribution in [0.5, 0.6) is 0 Å². The highest BCUT2D eigenvalue weighted by Gasteiger charge is 2.28. The van der Waals surface area contributed by atoms with Gasteiger partial charge in [-0.1, -0.05) is 124 Å². The molecule has 0 bridgehead atoms. The fourth-order valence-corrected chi connectivity index (χ4v) is 4.85. The average Bonchev–Trinajstić information content (AvgIpc) is 3.38. The minimum Gasteiger partial charge on any atom is -0.0853 e. The predicted octanol–water partition coefficient (Wildman–Crippen LogP) is 9.73. The van der Waals surface area contributed by atoms with E-state index in [-0.39, 0.29) is 0 Å². The Morgan fingerprint density at radius 3 is 2.11 bits per heavy atom. The van der Waals surface area contributed by atoms with E-state index in [0.29, 0.717) is 5.41 Å². The van der Waals surface area contributed by atoms with Gasteiger partial charge in [-0.25, -0.2) is 0 Å². The molecule has 1 rings (SSSR count). The second-order valence-corrected chi connectivity index (χ2v) is 10.3. The highest BCUT2D eigenvalue weighted by molar-refractivity contribution is 5.22. The third-order valence-electron chi connectivity index (χ3n) is 7.47. The summed E-state index contributed by atoms with van der Waals surface area (Å²) in [5, 5.41) is 0. The van der Waals surface area contributed by atoms with E-state index in [1.807, 2.05) is 0 Å². The van der Waals surface area contributed by atoms with Crippen molar-refractivity contribution in [3.63, 3.8) is 0 Å². The van der Waals surface area contributed by atoms with Crippen molar-refractivity contribution in [2.75, 3.05) is 0 Å². The summed E-state index contributed by atoms with van der Waals surface area (Å²) in [5.41, 5.74) is 2.30. The van der Waals surface area contributed by atoms with Gasteiger partial charge in [0.1, 0.15) is 0 Å². The summed E-state index contributed by atoms with van der Waals surface area (Å²) in [4.78, 5) is 0. The molecule has 0 nitrogen and oxygen atoms in total. The number of allylic oxidation sites excluding steroid dienone is 2. The maximum atomic E-state index is 2.49. The van der Waals surface area contributed by atoms with Gasteiger partial charge in [-0.3, -0.25) is 0 Å². The van der Waals surface area contributed by atoms with Crippen LogP contribution in [0.15, 0.2) is 11.6 Å². The van der Waals surface area contributed by atoms with Gasteiger partial charge in [0.05, 0.1) is 0 Å². The molecule has 0 saturated heterocycles. The van der Waals surface area contributed by atoms with E-state index in [1.165, 1.54) is 96.3 Å². The van der Waals surface area contributed by atoms with Crippen molar-refractivity contribution < 1.29 is 0 Å². The van der Waals surface area contributed by atoms with E-state index in [2.05, 4.69) is 47.6 Å². The van der Waals surface area contributed by atoms with Crippen LogP contribution in [0.4, 0.5) is 0 Å². The molecule has 3 atom stereocenters. The Hall–Kier alpha value is -0.260. The van der Waals surface area contributed by atoms with Crippen LogP contribution in [0, 0.1) is 23.2 Å². The molecule has 1 fully saturated rings. The van der Waals surface area contributed by atoms with Crippen LogP contribution in [-0.2, 0) is 0 Å². The molecule has 0 aliphatic heterocycles. The lowest BCUT2D eigenvalue weighted by Gasteiger charge is -2.33. The molecule has 1 aliphatic carbocycles. The molecule has 0 aromatic carbocycles. The molecule has 160 valence electrons. The second kappa shape index (κ2) is 13.8. The fraction of sp³-hybridized carbons (Fsp3) is 0.926. The zero-order chi connectivity index (χ0) is 20.1. The average molecular weight is 377 g/mol. The number of hydrogen-bond acceptors (Lipinski definition) is 0.